The minimum absolute atomic E-state index is 0. The molecule has 0 bridgehead atoms. The quantitative estimate of drug-likeness (QED) is 0.723. The van der Waals surface area contributed by atoms with E-state index in [-0.39, 0.29) is 30.7 Å². The second kappa shape index (κ2) is 10.9. The molecule has 1 saturated heterocycles. The maximum atomic E-state index is 12.9. The van der Waals surface area contributed by atoms with Crippen LogP contribution in [0.25, 0.3) is 0 Å². The normalized spacial score (nSPS) is 16.3. The van der Waals surface area contributed by atoms with Gasteiger partial charge in [0.25, 0.3) is 0 Å². The molecule has 0 saturated carbocycles. The lowest BCUT2D eigenvalue weighted by Gasteiger charge is -2.37. The largest absolute Gasteiger partial charge is 0.398 e. The van der Waals surface area contributed by atoms with Gasteiger partial charge in [-0.15, -0.1) is 24.8 Å². The third kappa shape index (κ3) is 5.39. The minimum atomic E-state index is 0. The van der Waals surface area contributed by atoms with Crippen LogP contribution in [0, 0.1) is 6.92 Å². The molecule has 2 heterocycles. The van der Waals surface area contributed by atoms with E-state index in [2.05, 4.69) is 47.1 Å². The van der Waals surface area contributed by atoms with Crippen molar-refractivity contribution in [3.8, 4) is 0 Å². The minimum Gasteiger partial charge on any atom is -0.398 e. The summed E-state index contributed by atoms with van der Waals surface area (Å²) in [6, 6.07) is 14.6. The molecule has 1 amide bonds. The summed E-state index contributed by atoms with van der Waals surface area (Å²) in [5, 5.41) is 0. The summed E-state index contributed by atoms with van der Waals surface area (Å²) in [5.41, 5.74) is 12.0. The van der Waals surface area contributed by atoms with Gasteiger partial charge in [0.2, 0.25) is 5.91 Å². The van der Waals surface area contributed by atoms with Gasteiger partial charge in [-0.05, 0) is 48.6 Å². The molecule has 4 rings (SSSR count). The maximum Gasteiger partial charge on any atom is 0.242 e. The van der Waals surface area contributed by atoms with Crippen LogP contribution in [-0.2, 0) is 17.8 Å². The van der Waals surface area contributed by atoms with Gasteiger partial charge < -0.3 is 15.5 Å². The Morgan fingerprint density at radius 3 is 2.43 bits per heavy atom. The number of nitrogens with two attached hydrogens (primary N) is 1. The zero-order chi connectivity index (χ0) is 19.5. The van der Waals surface area contributed by atoms with Gasteiger partial charge in [0.1, 0.15) is 0 Å². The molecular formula is C23H32Cl2N4O. The van der Waals surface area contributed by atoms with E-state index in [0.717, 1.165) is 63.5 Å². The summed E-state index contributed by atoms with van der Waals surface area (Å²) in [5.74, 6) is 0.228. The van der Waals surface area contributed by atoms with Crippen LogP contribution in [0.3, 0.4) is 0 Å². The van der Waals surface area contributed by atoms with Crippen LogP contribution < -0.4 is 10.6 Å². The van der Waals surface area contributed by atoms with Crippen molar-refractivity contribution in [2.45, 2.75) is 26.3 Å². The second-order valence-electron chi connectivity index (χ2n) is 7.95. The zero-order valence-corrected chi connectivity index (χ0v) is 19.2. The van der Waals surface area contributed by atoms with Gasteiger partial charge in [-0.1, -0.05) is 30.3 Å². The van der Waals surface area contributed by atoms with Gasteiger partial charge >= 0.3 is 0 Å². The molecule has 0 atom stereocenters. The smallest absolute Gasteiger partial charge is 0.242 e. The third-order valence-electron chi connectivity index (χ3n) is 6.09. The van der Waals surface area contributed by atoms with Crippen LogP contribution in [0.4, 0.5) is 11.4 Å². The monoisotopic (exact) mass is 450 g/mol. The average molecular weight is 451 g/mol. The highest BCUT2D eigenvalue weighted by atomic mass is 35.5. The van der Waals surface area contributed by atoms with Gasteiger partial charge in [0, 0.05) is 50.6 Å². The van der Waals surface area contributed by atoms with Crippen LogP contribution in [0.2, 0.25) is 0 Å². The molecule has 0 spiro atoms. The first-order valence-corrected chi connectivity index (χ1v) is 10.3. The Labute approximate surface area is 192 Å². The summed E-state index contributed by atoms with van der Waals surface area (Å²) >= 11 is 0. The van der Waals surface area contributed by atoms with Gasteiger partial charge in [-0.25, -0.2) is 0 Å². The fourth-order valence-electron chi connectivity index (χ4n) is 4.34. The predicted molar refractivity (Wildman–Crippen MR) is 129 cm³/mol. The molecule has 2 aromatic carbocycles. The average Bonchev–Trinajstić information content (AvgIpc) is 2.71. The summed E-state index contributed by atoms with van der Waals surface area (Å²) in [6.45, 7) is 7.99. The molecule has 0 aliphatic carbocycles. The molecule has 2 aliphatic heterocycles. The number of rotatable bonds is 4. The standard InChI is InChI=1S/C23H30N4O.2ClH/c1-18-6-2-3-7-19(18)16-25-12-14-26(15-13-25)23(28)17-27-11-5-8-20-21(24)9-4-10-22(20)27;;/h2-4,6-7,9-10H,5,8,11-17,24H2,1H3;2*1H. The molecule has 30 heavy (non-hydrogen) atoms. The van der Waals surface area contributed by atoms with Gasteiger partial charge in [-0.2, -0.15) is 0 Å². The first-order chi connectivity index (χ1) is 13.6. The summed E-state index contributed by atoms with van der Waals surface area (Å²) in [4.78, 5) is 19.6. The zero-order valence-electron chi connectivity index (χ0n) is 17.5. The molecule has 164 valence electrons. The van der Waals surface area contributed by atoms with Gasteiger partial charge in [0.05, 0.1) is 6.54 Å². The number of nitrogens with zero attached hydrogens (tertiary/aromatic N) is 3. The molecule has 0 radical (unpaired) electrons. The van der Waals surface area contributed by atoms with Crippen molar-refractivity contribution in [3.63, 3.8) is 0 Å². The van der Waals surface area contributed by atoms with Crippen LogP contribution in [0.5, 0.6) is 0 Å². The van der Waals surface area contributed by atoms with E-state index in [0.29, 0.717) is 6.54 Å². The van der Waals surface area contributed by atoms with Crippen molar-refractivity contribution >= 4 is 42.1 Å². The van der Waals surface area contributed by atoms with E-state index in [1.54, 1.807) is 0 Å². The highest BCUT2D eigenvalue weighted by molar-refractivity contribution is 5.85. The number of carbonyl (C=O) groups is 1. The fraction of sp³-hybridized carbons (Fsp3) is 0.435. The fourth-order valence-corrected chi connectivity index (χ4v) is 4.34. The molecule has 7 heteroatoms. The van der Waals surface area contributed by atoms with Crippen LogP contribution in [0.1, 0.15) is 23.1 Å². The number of nitrogen functional groups attached to an aromatic ring is 1. The van der Waals surface area contributed by atoms with Gasteiger partial charge in [0.15, 0.2) is 0 Å². The summed E-state index contributed by atoms with van der Waals surface area (Å²) in [6.07, 6.45) is 2.06. The Kier molecular flexibility index (Phi) is 8.83. The highest BCUT2D eigenvalue weighted by Gasteiger charge is 2.25. The van der Waals surface area contributed by atoms with E-state index >= 15 is 0 Å². The number of hydrogen-bond donors (Lipinski definition) is 1. The number of fused-ring (bicyclic) bond motifs is 1. The van der Waals surface area contributed by atoms with E-state index in [1.165, 1.54) is 16.7 Å². The number of aryl methyl sites for hydroxylation is 1. The Bertz CT molecular complexity index is 853. The number of halogens is 2. The van der Waals surface area contributed by atoms with Gasteiger partial charge in [-0.3, -0.25) is 9.69 Å². The predicted octanol–water partition coefficient (Wildman–Crippen LogP) is 3.52. The van der Waals surface area contributed by atoms with Crippen LogP contribution in [-0.4, -0.2) is 55.0 Å². The summed E-state index contributed by atoms with van der Waals surface area (Å²) in [7, 11) is 0. The second-order valence-corrected chi connectivity index (χ2v) is 7.95. The topological polar surface area (TPSA) is 52.8 Å². The molecule has 2 aromatic rings. The number of benzene rings is 2. The number of anilines is 2. The van der Waals surface area contributed by atoms with Crippen molar-refractivity contribution in [3.05, 3.63) is 59.2 Å². The first-order valence-electron chi connectivity index (χ1n) is 10.3. The van der Waals surface area contributed by atoms with Crippen molar-refractivity contribution in [2.75, 3.05) is 49.9 Å². The third-order valence-corrected chi connectivity index (χ3v) is 6.09. The van der Waals surface area contributed by atoms with Crippen molar-refractivity contribution < 1.29 is 4.79 Å². The maximum absolute atomic E-state index is 12.9. The Morgan fingerprint density at radius 2 is 1.70 bits per heavy atom. The van der Waals surface area contributed by atoms with E-state index < -0.39 is 0 Å². The molecule has 2 N–H and O–H groups in total. The molecule has 1 fully saturated rings. The van der Waals surface area contributed by atoms with E-state index in [9.17, 15) is 4.79 Å². The molecule has 0 unspecified atom stereocenters. The van der Waals surface area contributed by atoms with Crippen molar-refractivity contribution in [1.82, 2.24) is 9.80 Å². The summed E-state index contributed by atoms with van der Waals surface area (Å²) < 4.78 is 0. The van der Waals surface area contributed by atoms with Crippen LogP contribution >= 0.6 is 24.8 Å². The number of piperazine rings is 1. The Morgan fingerprint density at radius 1 is 0.967 bits per heavy atom. The highest BCUT2D eigenvalue weighted by Crippen LogP contribution is 2.31. The Balaban J connectivity index is 0.00000160. The van der Waals surface area contributed by atoms with Crippen LogP contribution in [0.15, 0.2) is 42.5 Å². The molecular weight excluding hydrogens is 419 g/mol. The lowest BCUT2D eigenvalue weighted by molar-refractivity contribution is -0.131. The Hall–Kier alpha value is -1.95. The SMILES string of the molecule is Cc1ccccc1CN1CCN(C(=O)CN2CCCc3c(N)cccc32)CC1.Cl.Cl. The molecule has 0 aromatic heterocycles. The number of carbonyl (C=O) groups excluding carboxylic acids is 1. The van der Waals surface area contributed by atoms with Crippen molar-refractivity contribution in [1.29, 1.82) is 0 Å². The lowest BCUT2D eigenvalue weighted by Crippen LogP contribution is -2.51. The number of hydrogen-bond acceptors (Lipinski definition) is 4. The molecule has 2 aliphatic rings. The lowest BCUT2D eigenvalue weighted by atomic mass is 10.00. The van der Waals surface area contributed by atoms with E-state index in [1.807, 2.05) is 17.0 Å². The number of amides is 1. The first kappa shape index (κ1) is 24.3. The van der Waals surface area contributed by atoms with E-state index in [4.69, 9.17) is 5.73 Å². The van der Waals surface area contributed by atoms with Crippen molar-refractivity contribution in [2.24, 2.45) is 0 Å². The molecule has 5 nitrogen and oxygen atoms in total.